The van der Waals surface area contributed by atoms with E-state index in [1.165, 1.54) is 6.07 Å². The number of amides is 1. The molecule has 0 bridgehead atoms. The number of benzene rings is 1. The highest BCUT2D eigenvalue weighted by atomic mass is 35.5. The van der Waals surface area contributed by atoms with E-state index in [-0.39, 0.29) is 21.9 Å². The normalized spacial score (nSPS) is 14.3. The van der Waals surface area contributed by atoms with Gasteiger partial charge in [0.25, 0.3) is 10.0 Å². The Morgan fingerprint density at radius 2 is 2.00 bits per heavy atom. The zero-order valence-corrected chi connectivity index (χ0v) is 17.8. The van der Waals surface area contributed by atoms with Crippen molar-refractivity contribution in [2.75, 3.05) is 17.8 Å². The molecule has 11 heteroatoms. The Hall–Kier alpha value is -2.43. The van der Waals surface area contributed by atoms with Crippen LogP contribution in [0.4, 0.5) is 5.69 Å². The van der Waals surface area contributed by atoms with Crippen molar-refractivity contribution in [1.29, 1.82) is 0 Å². The molecule has 2 aromatic heterocycles. The number of rotatable bonds is 5. The molecule has 1 aliphatic heterocycles. The van der Waals surface area contributed by atoms with Crippen molar-refractivity contribution in [3.8, 4) is 11.5 Å². The summed E-state index contributed by atoms with van der Waals surface area (Å²) >= 11 is 7.12. The zero-order valence-electron chi connectivity index (χ0n) is 15.4. The maximum absolute atomic E-state index is 12.7. The molecule has 1 fully saturated rings. The van der Waals surface area contributed by atoms with Gasteiger partial charge in [-0.15, -0.1) is 21.5 Å². The van der Waals surface area contributed by atoms with Gasteiger partial charge in [0, 0.05) is 18.5 Å². The Balaban J connectivity index is 1.54. The van der Waals surface area contributed by atoms with Gasteiger partial charge in [0.05, 0.1) is 16.3 Å². The molecular formula is C18H17ClN4O4S2. The van der Waals surface area contributed by atoms with Crippen LogP contribution in [0.15, 0.2) is 38.3 Å². The number of nitrogens with one attached hydrogen (secondary N) is 1. The number of carbonyl (C=O) groups excluding carboxylic acids is 1. The highest BCUT2D eigenvalue weighted by Crippen LogP contribution is 2.31. The van der Waals surface area contributed by atoms with Crippen LogP contribution in [0.5, 0.6) is 0 Å². The van der Waals surface area contributed by atoms with Crippen LogP contribution in [0.1, 0.15) is 29.1 Å². The van der Waals surface area contributed by atoms with Crippen molar-refractivity contribution >= 4 is 44.6 Å². The minimum Gasteiger partial charge on any atom is -0.412 e. The van der Waals surface area contributed by atoms with Gasteiger partial charge in [-0.05, 0) is 43.5 Å². The maximum atomic E-state index is 12.7. The van der Waals surface area contributed by atoms with Crippen LogP contribution in [0.3, 0.4) is 0 Å². The second kappa shape index (κ2) is 7.77. The number of aromatic nitrogens is 2. The molecule has 1 N–H and O–H groups in total. The molecule has 1 aromatic carbocycles. The Bertz CT molecular complexity index is 1170. The number of thiophene rings is 1. The molecule has 4 rings (SSSR count). The van der Waals surface area contributed by atoms with Crippen LogP contribution in [0, 0.1) is 6.92 Å². The van der Waals surface area contributed by atoms with Crippen LogP contribution in [-0.4, -0.2) is 42.5 Å². The zero-order chi connectivity index (χ0) is 20.6. The number of sulfonamides is 1. The average molecular weight is 453 g/mol. The third-order valence-electron chi connectivity index (χ3n) is 4.46. The number of carbonyl (C=O) groups is 1. The van der Waals surface area contributed by atoms with E-state index in [9.17, 15) is 13.2 Å². The second-order valence-corrected chi connectivity index (χ2v) is 9.88. The fraction of sp³-hybridized carbons (Fsp3) is 0.278. The molecule has 29 heavy (non-hydrogen) atoms. The van der Waals surface area contributed by atoms with Gasteiger partial charge in [0.2, 0.25) is 5.89 Å². The molecule has 0 aliphatic carbocycles. The number of aryl methyl sites for hydroxylation is 1. The first-order chi connectivity index (χ1) is 13.8. The summed E-state index contributed by atoms with van der Waals surface area (Å²) in [6.07, 6.45) is 1.91. The standard InChI is InChI=1S/C18H17ClN4O4S2/c1-11-4-5-14(13(19)8-11)22-29(25,26)15-9-12(10-28-15)16-20-21-17(27-16)18(24)23-6-2-3-7-23/h4-5,8-10,22H,2-3,6-7H2,1H3. The van der Waals surface area contributed by atoms with E-state index >= 15 is 0 Å². The van der Waals surface area contributed by atoms with E-state index in [1.807, 2.05) is 6.92 Å². The smallest absolute Gasteiger partial charge is 0.311 e. The summed E-state index contributed by atoms with van der Waals surface area (Å²) in [6, 6.07) is 6.47. The maximum Gasteiger partial charge on any atom is 0.311 e. The van der Waals surface area contributed by atoms with Crippen LogP contribution in [0.25, 0.3) is 11.5 Å². The lowest BCUT2D eigenvalue weighted by Crippen LogP contribution is -2.27. The van der Waals surface area contributed by atoms with Crippen molar-refractivity contribution in [2.45, 2.75) is 24.0 Å². The van der Waals surface area contributed by atoms with Crippen LogP contribution < -0.4 is 4.72 Å². The van der Waals surface area contributed by atoms with Crippen molar-refractivity contribution in [3.05, 3.63) is 46.1 Å². The summed E-state index contributed by atoms with van der Waals surface area (Å²) in [6.45, 7) is 3.21. The predicted octanol–water partition coefficient (Wildman–Crippen LogP) is 3.80. The SMILES string of the molecule is Cc1ccc(NS(=O)(=O)c2cc(-c3nnc(C(=O)N4CCCC4)o3)cs2)c(Cl)c1. The van der Waals surface area contributed by atoms with E-state index in [0.717, 1.165) is 29.7 Å². The summed E-state index contributed by atoms with van der Waals surface area (Å²) in [5, 5.41) is 9.60. The summed E-state index contributed by atoms with van der Waals surface area (Å²) in [4.78, 5) is 14.0. The van der Waals surface area contributed by atoms with Gasteiger partial charge in [0.15, 0.2) is 0 Å². The number of hydrogen-bond donors (Lipinski definition) is 1. The molecule has 0 atom stereocenters. The molecule has 3 aromatic rings. The molecule has 0 saturated carbocycles. The third-order valence-corrected chi connectivity index (χ3v) is 7.58. The number of nitrogens with zero attached hydrogens (tertiary/aromatic N) is 3. The quantitative estimate of drug-likeness (QED) is 0.631. The van der Waals surface area contributed by atoms with E-state index in [4.69, 9.17) is 16.0 Å². The fourth-order valence-electron chi connectivity index (χ4n) is 2.95. The van der Waals surface area contributed by atoms with E-state index < -0.39 is 10.0 Å². The average Bonchev–Trinajstić information content (AvgIpc) is 3.44. The minimum absolute atomic E-state index is 0.0646. The lowest BCUT2D eigenvalue weighted by atomic mass is 10.2. The first kappa shape index (κ1) is 19.9. The number of anilines is 1. The number of hydrogen-bond acceptors (Lipinski definition) is 7. The molecule has 1 aliphatic rings. The van der Waals surface area contributed by atoms with Gasteiger partial charge in [0.1, 0.15) is 4.21 Å². The Labute approximate surface area is 176 Å². The van der Waals surface area contributed by atoms with Gasteiger partial charge < -0.3 is 9.32 Å². The molecule has 0 radical (unpaired) electrons. The first-order valence-electron chi connectivity index (χ1n) is 8.84. The molecule has 0 unspecified atom stereocenters. The van der Waals surface area contributed by atoms with Crippen molar-refractivity contribution in [3.63, 3.8) is 0 Å². The van der Waals surface area contributed by atoms with Crippen molar-refractivity contribution in [2.24, 2.45) is 0 Å². The third kappa shape index (κ3) is 4.14. The lowest BCUT2D eigenvalue weighted by Gasteiger charge is -2.11. The number of halogens is 1. The van der Waals surface area contributed by atoms with E-state index in [2.05, 4.69) is 14.9 Å². The highest BCUT2D eigenvalue weighted by Gasteiger charge is 2.26. The largest absolute Gasteiger partial charge is 0.412 e. The monoisotopic (exact) mass is 452 g/mol. The van der Waals surface area contributed by atoms with Gasteiger partial charge >= 0.3 is 11.8 Å². The van der Waals surface area contributed by atoms with Gasteiger partial charge in [-0.2, -0.15) is 0 Å². The molecule has 0 spiro atoms. The Kier molecular flexibility index (Phi) is 5.32. The predicted molar refractivity (Wildman–Crippen MR) is 110 cm³/mol. The molecule has 3 heterocycles. The van der Waals surface area contributed by atoms with Crippen LogP contribution >= 0.6 is 22.9 Å². The van der Waals surface area contributed by atoms with Gasteiger partial charge in [-0.1, -0.05) is 17.7 Å². The molecule has 152 valence electrons. The fourth-order valence-corrected chi connectivity index (χ4v) is 5.52. The van der Waals surface area contributed by atoms with Crippen LogP contribution in [0.2, 0.25) is 5.02 Å². The molecule has 1 saturated heterocycles. The van der Waals surface area contributed by atoms with Crippen molar-refractivity contribution < 1.29 is 17.6 Å². The molecular weight excluding hydrogens is 436 g/mol. The van der Waals surface area contributed by atoms with E-state index in [0.29, 0.717) is 29.4 Å². The molecule has 8 nitrogen and oxygen atoms in total. The van der Waals surface area contributed by atoms with Crippen LogP contribution in [-0.2, 0) is 10.0 Å². The highest BCUT2D eigenvalue weighted by molar-refractivity contribution is 7.94. The van der Waals surface area contributed by atoms with Gasteiger partial charge in [-0.25, -0.2) is 8.42 Å². The lowest BCUT2D eigenvalue weighted by molar-refractivity contribution is 0.0754. The number of likely N-dealkylation sites (tertiary alicyclic amines) is 1. The van der Waals surface area contributed by atoms with E-state index in [1.54, 1.807) is 28.5 Å². The summed E-state index contributed by atoms with van der Waals surface area (Å²) in [7, 11) is -3.84. The topological polar surface area (TPSA) is 105 Å². The van der Waals surface area contributed by atoms with Crippen molar-refractivity contribution in [1.82, 2.24) is 15.1 Å². The minimum atomic E-state index is -3.84. The molecule has 1 amide bonds. The summed E-state index contributed by atoms with van der Waals surface area (Å²) < 4.78 is 33.4. The first-order valence-corrected chi connectivity index (χ1v) is 11.6. The Morgan fingerprint density at radius 1 is 1.24 bits per heavy atom. The summed E-state index contributed by atoms with van der Waals surface area (Å²) in [5.74, 6) is -0.305. The van der Waals surface area contributed by atoms with Gasteiger partial charge in [-0.3, -0.25) is 9.52 Å². The Morgan fingerprint density at radius 3 is 2.72 bits per heavy atom. The summed E-state index contributed by atoms with van der Waals surface area (Å²) in [5.41, 5.74) is 1.65. The second-order valence-electron chi connectivity index (χ2n) is 6.65.